The Labute approximate surface area is 102 Å². The molecule has 2 N–H and O–H groups in total. The highest BCUT2D eigenvalue weighted by Gasteiger charge is 2.32. The highest BCUT2D eigenvalue weighted by Crippen LogP contribution is 2.32. The Bertz CT molecular complexity index is 440. The first-order valence-corrected chi connectivity index (χ1v) is 6.38. The summed E-state index contributed by atoms with van der Waals surface area (Å²) in [6.07, 6.45) is 3.43. The maximum atomic E-state index is 12.3. The van der Waals surface area contributed by atoms with E-state index >= 15 is 0 Å². The van der Waals surface area contributed by atoms with Crippen molar-refractivity contribution in [1.29, 1.82) is 0 Å². The summed E-state index contributed by atoms with van der Waals surface area (Å²) in [7, 11) is 0. The molecule has 0 aromatic heterocycles. The summed E-state index contributed by atoms with van der Waals surface area (Å²) in [6.45, 7) is 1.54. The van der Waals surface area contributed by atoms with Gasteiger partial charge in [-0.15, -0.1) is 0 Å². The van der Waals surface area contributed by atoms with Gasteiger partial charge in [-0.2, -0.15) is 0 Å². The summed E-state index contributed by atoms with van der Waals surface area (Å²) in [6, 6.07) is 8.07. The number of amides is 1. The summed E-state index contributed by atoms with van der Waals surface area (Å²) in [5.41, 5.74) is 8.14. The number of carbonyl (C=O) groups is 1. The van der Waals surface area contributed by atoms with Crippen LogP contribution in [0.4, 0.5) is 0 Å². The zero-order chi connectivity index (χ0) is 11.8. The Kier molecular flexibility index (Phi) is 2.63. The second kappa shape index (κ2) is 4.15. The third-order valence-corrected chi connectivity index (χ3v) is 3.84. The standard InChI is InChI=1S/C14H18N2O/c15-13(11-5-6-11)9-16-8-7-10-3-1-2-4-12(10)14(16)17/h1-4,11,13H,5-9,15H2. The van der Waals surface area contributed by atoms with Gasteiger partial charge in [0.25, 0.3) is 5.91 Å². The molecule has 1 atom stereocenters. The van der Waals surface area contributed by atoms with E-state index in [1.165, 1.54) is 18.4 Å². The molecule has 17 heavy (non-hydrogen) atoms. The van der Waals surface area contributed by atoms with E-state index in [0.29, 0.717) is 5.92 Å². The zero-order valence-corrected chi connectivity index (χ0v) is 9.93. The van der Waals surface area contributed by atoms with Crippen molar-refractivity contribution in [1.82, 2.24) is 4.90 Å². The van der Waals surface area contributed by atoms with Crippen LogP contribution in [0.5, 0.6) is 0 Å². The Morgan fingerprint density at radius 1 is 1.35 bits per heavy atom. The van der Waals surface area contributed by atoms with Crippen LogP contribution in [0.15, 0.2) is 24.3 Å². The summed E-state index contributed by atoms with van der Waals surface area (Å²) >= 11 is 0. The quantitative estimate of drug-likeness (QED) is 0.853. The van der Waals surface area contributed by atoms with E-state index in [2.05, 4.69) is 0 Å². The lowest BCUT2D eigenvalue weighted by atomic mass is 9.98. The molecular formula is C14H18N2O. The molecule has 0 bridgehead atoms. The van der Waals surface area contributed by atoms with Crippen molar-refractivity contribution >= 4 is 5.91 Å². The fraction of sp³-hybridized carbons (Fsp3) is 0.500. The monoisotopic (exact) mass is 230 g/mol. The first kappa shape index (κ1) is 10.8. The molecule has 90 valence electrons. The molecule has 0 spiro atoms. The van der Waals surface area contributed by atoms with Gasteiger partial charge in [0.15, 0.2) is 0 Å². The van der Waals surface area contributed by atoms with Crippen LogP contribution in [0.3, 0.4) is 0 Å². The summed E-state index contributed by atoms with van der Waals surface area (Å²) in [5.74, 6) is 0.808. The van der Waals surface area contributed by atoms with E-state index in [-0.39, 0.29) is 11.9 Å². The minimum Gasteiger partial charge on any atom is -0.337 e. The third-order valence-electron chi connectivity index (χ3n) is 3.84. The lowest BCUT2D eigenvalue weighted by molar-refractivity contribution is 0.0725. The fourth-order valence-corrected chi connectivity index (χ4v) is 2.58. The largest absolute Gasteiger partial charge is 0.337 e. The average Bonchev–Trinajstić information content (AvgIpc) is 3.17. The molecular weight excluding hydrogens is 212 g/mol. The number of hydrogen-bond acceptors (Lipinski definition) is 2. The highest BCUT2D eigenvalue weighted by atomic mass is 16.2. The van der Waals surface area contributed by atoms with Crippen molar-refractivity contribution in [3.63, 3.8) is 0 Å². The number of carbonyl (C=O) groups excluding carboxylic acids is 1. The van der Waals surface area contributed by atoms with Gasteiger partial charge in [0.1, 0.15) is 0 Å². The fourth-order valence-electron chi connectivity index (χ4n) is 2.58. The molecule has 1 aromatic carbocycles. The molecule has 1 heterocycles. The van der Waals surface area contributed by atoms with E-state index in [0.717, 1.165) is 25.1 Å². The molecule has 3 nitrogen and oxygen atoms in total. The van der Waals surface area contributed by atoms with Gasteiger partial charge in [-0.3, -0.25) is 4.79 Å². The number of fused-ring (bicyclic) bond motifs is 1. The van der Waals surface area contributed by atoms with Crippen LogP contribution >= 0.6 is 0 Å². The van der Waals surface area contributed by atoms with Crippen molar-refractivity contribution in [2.75, 3.05) is 13.1 Å². The van der Waals surface area contributed by atoms with Crippen molar-refractivity contribution in [3.8, 4) is 0 Å². The van der Waals surface area contributed by atoms with Gasteiger partial charge in [0.05, 0.1) is 0 Å². The van der Waals surface area contributed by atoms with Gasteiger partial charge in [-0.1, -0.05) is 18.2 Å². The van der Waals surface area contributed by atoms with Gasteiger partial charge in [0.2, 0.25) is 0 Å². The van der Waals surface area contributed by atoms with Crippen molar-refractivity contribution < 1.29 is 4.79 Å². The Morgan fingerprint density at radius 3 is 2.88 bits per heavy atom. The molecule has 3 heteroatoms. The van der Waals surface area contributed by atoms with E-state index in [9.17, 15) is 4.79 Å². The third kappa shape index (κ3) is 2.07. The maximum Gasteiger partial charge on any atom is 0.254 e. The first-order chi connectivity index (χ1) is 8.25. The molecule has 1 saturated carbocycles. The molecule has 3 rings (SSSR count). The second-order valence-electron chi connectivity index (χ2n) is 5.16. The second-order valence-corrected chi connectivity index (χ2v) is 5.16. The van der Waals surface area contributed by atoms with Crippen LogP contribution in [0.2, 0.25) is 0 Å². The topological polar surface area (TPSA) is 46.3 Å². The number of nitrogens with two attached hydrogens (primary N) is 1. The maximum absolute atomic E-state index is 12.3. The Morgan fingerprint density at radius 2 is 2.12 bits per heavy atom. The minimum atomic E-state index is 0.156. The van der Waals surface area contributed by atoms with E-state index in [4.69, 9.17) is 5.73 Å². The van der Waals surface area contributed by atoms with Crippen molar-refractivity contribution in [2.24, 2.45) is 11.7 Å². The van der Waals surface area contributed by atoms with E-state index < -0.39 is 0 Å². The van der Waals surface area contributed by atoms with Crippen LogP contribution in [0.1, 0.15) is 28.8 Å². The number of rotatable bonds is 3. The predicted octanol–water partition coefficient (Wildman–Crippen LogP) is 1.42. The molecule has 0 saturated heterocycles. The number of nitrogens with zero attached hydrogens (tertiary/aromatic N) is 1. The summed E-state index contributed by atoms with van der Waals surface area (Å²) < 4.78 is 0. The highest BCUT2D eigenvalue weighted by molar-refractivity contribution is 5.96. The smallest absolute Gasteiger partial charge is 0.254 e. The Hall–Kier alpha value is -1.35. The normalized spacial score (nSPS) is 21.2. The van der Waals surface area contributed by atoms with Gasteiger partial charge in [-0.25, -0.2) is 0 Å². The molecule has 1 fully saturated rings. The summed E-state index contributed by atoms with van der Waals surface area (Å²) in [5, 5.41) is 0. The molecule has 1 aliphatic carbocycles. The first-order valence-electron chi connectivity index (χ1n) is 6.38. The lowest BCUT2D eigenvalue weighted by Gasteiger charge is -2.30. The van der Waals surface area contributed by atoms with Crippen molar-refractivity contribution in [3.05, 3.63) is 35.4 Å². The van der Waals surface area contributed by atoms with Crippen LogP contribution in [-0.4, -0.2) is 29.9 Å². The lowest BCUT2D eigenvalue weighted by Crippen LogP contribution is -2.45. The van der Waals surface area contributed by atoms with E-state index in [1.54, 1.807) is 0 Å². The van der Waals surface area contributed by atoms with Gasteiger partial charge in [0, 0.05) is 24.7 Å². The molecule has 1 aromatic rings. The van der Waals surface area contributed by atoms with E-state index in [1.807, 2.05) is 29.2 Å². The van der Waals surface area contributed by atoms with Crippen LogP contribution in [-0.2, 0) is 6.42 Å². The zero-order valence-electron chi connectivity index (χ0n) is 9.93. The van der Waals surface area contributed by atoms with Crippen LogP contribution in [0, 0.1) is 5.92 Å². The van der Waals surface area contributed by atoms with Crippen LogP contribution in [0.25, 0.3) is 0 Å². The van der Waals surface area contributed by atoms with Crippen molar-refractivity contribution in [2.45, 2.75) is 25.3 Å². The summed E-state index contributed by atoms with van der Waals surface area (Å²) in [4.78, 5) is 14.2. The van der Waals surface area contributed by atoms with Crippen LogP contribution < -0.4 is 5.73 Å². The SMILES string of the molecule is NC(CN1CCc2ccccc2C1=O)C1CC1. The molecule has 2 aliphatic rings. The minimum absolute atomic E-state index is 0.156. The van der Waals surface area contributed by atoms with Gasteiger partial charge >= 0.3 is 0 Å². The average molecular weight is 230 g/mol. The van der Waals surface area contributed by atoms with Gasteiger partial charge < -0.3 is 10.6 Å². The molecule has 1 unspecified atom stereocenters. The van der Waals surface area contributed by atoms with Gasteiger partial charge in [-0.05, 0) is 36.8 Å². The molecule has 1 amide bonds. The molecule has 1 aliphatic heterocycles. The Balaban J connectivity index is 1.74. The predicted molar refractivity (Wildman–Crippen MR) is 66.7 cm³/mol. The molecule has 0 radical (unpaired) electrons. The number of hydrogen-bond donors (Lipinski definition) is 1. The number of benzene rings is 1.